The maximum absolute atomic E-state index is 13.6. The molecule has 0 aliphatic heterocycles. The fraction of sp³-hybridized carbons (Fsp3) is 0.333. The molecule has 0 spiro atoms. The number of hydrogen-bond donors (Lipinski definition) is 0. The van der Waals surface area contributed by atoms with Crippen molar-refractivity contribution in [2.24, 2.45) is 0 Å². The Bertz CT molecular complexity index is 774. The zero-order valence-electron chi connectivity index (χ0n) is 15.1. The quantitative estimate of drug-likeness (QED) is 0.455. The molecule has 1 aromatic heterocycles. The highest BCUT2D eigenvalue weighted by Crippen LogP contribution is 2.46. The maximum Gasteiger partial charge on any atom is 0.404 e. The first kappa shape index (κ1) is 24.3. The van der Waals surface area contributed by atoms with E-state index in [0.29, 0.717) is 18.4 Å². The molecule has 0 aliphatic carbocycles. The van der Waals surface area contributed by atoms with Crippen molar-refractivity contribution in [3.63, 3.8) is 0 Å². The van der Waals surface area contributed by atoms with Crippen molar-refractivity contribution in [3.8, 4) is 11.6 Å². The van der Waals surface area contributed by atoms with Gasteiger partial charge in [0.05, 0.1) is 0 Å². The first-order chi connectivity index (χ1) is 13.4. The second kappa shape index (κ2) is 10.2. The van der Waals surface area contributed by atoms with Crippen molar-refractivity contribution in [3.05, 3.63) is 53.5 Å². The van der Waals surface area contributed by atoms with Gasteiger partial charge in [0.15, 0.2) is 18.0 Å². The number of benzene rings is 1. The van der Waals surface area contributed by atoms with E-state index in [4.69, 9.17) is 4.74 Å². The van der Waals surface area contributed by atoms with Crippen LogP contribution in [0, 0.1) is 5.82 Å². The molecule has 0 saturated carbocycles. The Kier molecular flexibility index (Phi) is 8.56. The minimum absolute atomic E-state index is 0.0709. The normalized spacial score (nSPS) is 11.7. The van der Waals surface area contributed by atoms with Crippen molar-refractivity contribution >= 4 is 6.29 Å². The van der Waals surface area contributed by atoms with Gasteiger partial charge in [-0.05, 0) is 30.7 Å². The third-order valence-corrected chi connectivity index (χ3v) is 3.34. The number of hydrogen-bond acceptors (Lipinski definition) is 4. The third kappa shape index (κ3) is 7.33. The van der Waals surface area contributed by atoms with E-state index in [2.05, 4.69) is 9.72 Å². The molecule has 0 unspecified atom stereocenters. The van der Waals surface area contributed by atoms with Gasteiger partial charge in [0.25, 0.3) is 5.88 Å². The summed E-state index contributed by atoms with van der Waals surface area (Å²) in [5.41, 5.74) is -1.10. The number of nitrogens with zero attached hydrogens (tertiary/aromatic N) is 1. The van der Waals surface area contributed by atoms with Gasteiger partial charge >= 0.3 is 12.4 Å². The molecule has 1 aromatic carbocycles. The average molecular weight is 427 g/mol. The molecule has 2 rings (SSSR count). The topological polar surface area (TPSA) is 48.4 Å². The molecule has 0 radical (unpaired) electrons. The van der Waals surface area contributed by atoms with Crippen molar-refractivity contribution < 1.29 is 45.0 Å². The Balaban J connectivity index is 0.000000960. The minimum Gasteiger partial charge on any atom is -0.436 e. The number of alkyl halides is 6. The Morgan fingerprint density at radius 1 is 1.07 bits per heavy atom. The summed E-state index contributed by atoms with van der Waals surface area (Å²) in [6, 6.07) is 3.63. The molecule has 0 atom stereocenters. The number of rotatable bonds is 5. The summed E-state index contributed by atoms with van der Waals surface area (Å²) in [4.78, 5) is 14.0. The van der Waals surface area contributed by atoms with Crippen LogP contribution in [0.3, 0.4) is 0 Å². The Hall–Kier alpha value is -2.69. The van der Waals surface area contributed by atoms with E-state index in [9.17, 15) is 35.5 Å². The molecule has 4 nitrogen and oxygen atoms in total. The van der Waals surface area contributed by atoms with Crippen molar-refractivity contribution in [1.82, 2.24) is 4.98 Å². The van der Waals surface area contributed by atoms with Crippen LogP contribution in [0.25, 0.3) is 0 Å². The molecule has 160 valence electrons. The lowest BCUT2D eigenvalue weighted by molar-refractivity contribution is -0.253. The molecule has 0 aliphatic rings. The molecule has 0 saturated heterocycles. The summed E-state index contributed by atoms with van der Waals surface area (Å²) in [5, 5.41) is 0. The second-order valence-electron chi connectivity index (χ2n) is 5.44. The Morgan fingerprint density at radius 3 is 1.97 bits per heavy atom. The predicted octanol–water partition coefficient (Wildman–Crippen LogP) is 5.69. The fourth-order valence-electron chi connectivity index (χ4n) is 1.98. The average Bonchev–Trinajstić information content (AvgIpc) is 2.62. The maximum atomic E-state index is 13.6. The first-order valence-corrected chi connectivity index (χ1v) is 7.94. The molecule has 29 heavy (non-hydrogen) atoms. The van der Waals surface area contributed by atoms with E-state index in [1.807, 2.05) is 6.92 Å². The number of halogens is 7. The van der Waals surface area contributed by atoms with Crippen LogP contribution in [0.5, 0.6) is 11.6 Å². The lowest BCUT2D eigenvalue weighted by Crippen LogP contribution is -2.34. The smallest absolute Gasteiger partial charge is 0.404 e. The van der Waals surface area contributed by atoms with Crippen LogP contribution in [0.2, 0.25) is 0 Å². The molecule has 11 heteroatoms. The van der Waals surface area contributed by atoms with E-state index in [1.165, 1.54) is 0 Å². The summed E-state index contributed by atoms with van der Waals surface area (Å²) in [5.74, 6) is -5.47. The highest BCUT2D eigenvalue weighted by molar-refractivity contribution is 5.74. The van der Waals surface area contributed by atoms with E-state index >= 15 is 0 Å². The van der Waals surface area contributed by atoms with Gasteiger partial charge in [-0.1, -0.05) is 12.1 Å². The van der Waals surface area contributed by atoms with Crippen LogP contribution in [-0.4, -0.2) is 37.3 Å². The minimum atomic E-state index is -5.51. The largest absolute Gasteiger partial charge is 0.436 e. The number of aldehydes is 1. The standard InChI is InChI=1S/C15H8F7NO2.C3H8O/c16-11-5-8(7-24)6-23-13(11)25-10-3-1-9(2-4-10)12(14(17,18)19)15(20,21)22;1-3-4-2/h1-7,12H;3H2,1-2H3. The number of ether oxygens (including phenoxy) is 2. The molecule has 0 amide bonds. The monoisotopic (exact) mass is 427 g/mol. The zero-order valence-corrected chi connectivity index (χ0v) is 15.1. The van der Waals surface area contributed by atoms with Gasteiger partial charge in [0, 0.05) is 25.5 Å². The van der Waals surface area contributed by atoms with Gasteiger partial charge in [-0.25, -0.2) is 9.37 Å². The molecule has 1 heterocycles. The SMILES string of the molecule is CCOC.O=Cc1cnc(Oc2ccc(C(C(F)(F)F)C(F)(F)F)cc2)c(F)c1. The van der Waals surface area contributed by atoms with Crippen LogP contribution in [0.15, 0.2) is 36.5 Å². The lowest BCUT2D eigenvalue weighted by Gasteiger charge is -2.23. The number of aromatic nitrogens is 1. The van der Waals surface area contributed by atoms with Crippen LogP contribution in [0.1, 0.15) is 28.8 Å². The summed E-state index contributed by atoms with van der Waals surface area (Å²) in [6.45, 7) is 2.78. The van der Waals surface area contributed by atoms with E-state index in [0.717, 1.165) is 31.0 Å². The van der Waals surface area contributed by atoms with Gasteiger partial charge in [-0.15, -0.1) is 0 Å². The van der Waals surface area contributed by atoms with E-state index in [1.54, 1.807) is 7.11 Å². The molecule has 0 bridgehead atoms. The van der Waals surface area contributed by atoms with Crippen molar-refractivity contribution in [1.29, 1.82) is 0 Å². The second-order valence-corrected chi connectivity index (χ2v) is 5.44. The van der Waals surface area contributed by atoms with E-state index < -0.39 is 35.5 Å². The molecular formula is C18H16F7NO3. The molecule has 0 fully saturated rings. The van der Waals surface area contributed by atoms with Gasteiger partial charge in [-0.3, -0.25) is 4.79 Å². The van der Waals surface area contributed by atoms with Crippen LogP contribution >= 0.6 is 0 Å². The number of carbonyl (C=O) groups excluding carboxylic acids is 1. The summed E-state index contributed by atoms with van der Waals surface area (Å²) in [7, 11) is 1.68. The first-order valence-electron chi connectivity index (χ1n) is 7.94. The van der Waals surface area contributed by atoms with Gasteiger partial charge in [0.2, 0.25) is 0 Å². The highest BCUT2D eigenvalue weighted by Gasteiger charge is 2.57. The molecule has 2 aromatic rings. The third-order valence-electron chi connectivity index (χ3n) is 3.34. The molecule has 0 N–H and O–H groups in total. The number of methoxy groups -OCH3 is 1. The van der Waals surface area contributed by atoms with E-state index in [-0.39, 0.29) is 11.3 Å². The summed E-state index contributed by atoms with van der Waals surface area (Å²) >= 11 is 0. The molecular weight excluding hydrogens is 411 g/mol. The Labute approximate surface area is 161 Å². The fourth-order valence-corrected chi connectivity index (χ4v) is 1.98. The van der Waals surface area contributed by atoms with Crippen LogP contribution in [-0.2, 0) is 4.74 Å². The predicted molar refractivity (Wildman–Crippen MR) is 88.5 cm³/mol. The number of carbonyl (C=O) groups is 1. The summed E-state index contributed by atoms with van der Waals surface area (Å²) in [6.07, 6.45) is -9.70. The summed E-state index contributed by atoms with van der Waals surface area (Å²) < 4.78 is 98.9. The van der Waals surface area contributed by atoms with Gasteiger partial charge in [0.1, 0.15) is 5.75 Å². The Morgan fingerprint density at radius 2 is 1.59 bits per heavy atom. The van der Waals surface area contributed by atoms with Crippen LogP contribution < -0.4 is 4.74 Å². The lowest BCUT2D eigenvalue weighted by atomic mass is 9.98. The van der Waals surface area contributed by atoms with Crippen molar-refractivity contribution in [2.75, 3.05) is 13.7 Å². The van der Waals surface area contributed by atoms with Gasteiger partial charge < -0.3 is 9.47 Å². The zero-order chi connectivity index (χ0) is 22.2. The van der Waals surface area contributed by atoms with Crippen LogP contribution in [0.4, 0.5) is 30.7 Å². The van der Waals surface area contributed by atoms with Crippen molar-refractivity contribution in [2.45, 2.75) is 25.2 Å². The highest BCUT2D eigenvalue weighted by atomic mass is 19.4. The number of pyridine rings is 1. The van der Waals surface area contributed by atoms with Gasteiger partial charge in [-0.2, -0.15) is 26.3 Å².